The Hall–Kier alpha value is -0.650. The second kappa shape index (κ2) is 7.22. The van der Waals surface area contributed by atoms with E-state index < -0.39 is 10.0 Å². The topological polar surface area (TPSA) is 50.3 Å². The van der Waals surface area contributed by atoms with Crippen molar-refractivity contribution in [2.45, 2.75) is 27.3 Å². The van der Waals surface area contributed by atoms with Gasteiger partial charge in [0.05, 0.1) is 18.0 Å². The Balaban J connectivity index is 2.83. The summed E-state index contributed by atoms with van der Waals surface area (Å²) in [6.45, 7) is 6.31. The summed E-state index contributed by atoms with van der Waals surface area (Å²) >= 11 is 5.69. The first-order valence-corrected chi connectivity index (χ1v) is 8.49. The van der Waals surface area contributed by atoms with Gasteiger partial charge in [0.2, 0.25) is 10.0 Å². The van der Waals surface area contributed by atoms with E-state index in [2.05, 4.69) is 4.98 Å². The molecule has 0 aromatic carbocycles. The Morgan fingerprint density at radius 3 is 2.63 bits per heavy atom. The average Bonchev–Trinajstić information content (AvgIpc) is 2.35. The third-order valence-corrected chi connectivity index (χ3v) is 5.48. The summed E-state index contributed by atoms with van der Waals surface area (Å²) in [6.07, 6.45) is 0. The molecule has 19 heavy (non-hydrogen) atoms. The number of hydrogen-bond donors (Lipinski definition) is 0. The largest absolute Gasteiger partial charge is 0.257 e. The maximum absolute atomic E-state index is 12.3. The fourth-order valence-corrected chi connectivity index (χ4v) is 3.79. The molecule has 0 spiro atoms. The van der Waals surface area contributed by atoms with E-state index in [0.717, 1.165) is 11.4 Å². The van der Waals surface area contributed by atoms with Gasteiger partial charge in [0.1, 0.15) is 0 Å². The molecule has 108 valence electrons. The maximum atomic E-state index is 12.3. The molecule has 0 fully saturated rings. The molecular formula is C13H21ClN2O2S. The van der Waals surface area contributed by atoms with Gasteiger partial charge in [-0.3, -0.25) is 4.98 Å². The molecule has 0 amide bonds. The van der Waals surface area contributed by atoms with Gasteiger partial charge < -0.3 is 0 Å². The first-order chi connectivity index (χ1) is 8.89. The van der Waals surface area contributed by atoms with E-state index in [1.54, 1.807) is 0 Å². The molecule has 0 bridgehead atoms. The molecule has 0 radical (unpaired) electrons. The van der Waals surface area contributed by atoms with Crippen LogP contribution >= 0.6 is 11.6 Å². The standard InChI is InChI=1S/C13H21ClN2O2S/c1-4-16(19(17,18)10-11(2)8-14)9-13-7-5-6-12(3)15-13/h5-7,11H,4,8-10H2,1-3H3. The predicted octanol–water partition coefficient (Wildman–Crippen LogP) is 2.42. The molecule has 0 saturated heterocycles. The van der Waals surface area contributed by atoms with E-state index in [1.165, 1.54) is 4.31 Å². The van der Waals surface area contributed by atoms with Crippen LogP contribution in [-0.4, -0.2) is 35.9 Å². The lowest BCUT2D eigenvalue weighted by Crippen LogP contribution is -2.34. The zero-order chi connectivity index (χ0) is 14.5. The van der Waals surface area contributed by atoms with E-state index >= 15 is 0 Å². The number of rotatable bonds is 7. The van der Waals surface area contributed by atoms with Gasteiger partial charge in [-0.05, 0) is 25.0 Å². The number of halogens is 1. The van der Waals surface area contributed by atoms with E-state index in [4.69, 9.17) is 11.6 Å². The summed E-state index contributed by atoms with van der Waals surface area (Å²) in [4.78, 5) is 4.34. The Bertz CT molecular complexity index is 505. The molecule has 6 heteroatoms. The van der Waals surface area contributed by atoms with E-state index in [0.29, 0.717) is 19.0 Å². The molecule has 1 aromatic rings. The minimum Gasteiger partial charge on any atom is -0.257 e. The highest BCUT2D eigenvalue weighted by molar-refractivity contribution is 7.89. The minimum atomic E-state index is -3.29. The Morgan fingerprint density at radius 2 is 2.11 bits per heavy atom. The summed E-state index contributed by atoms with van der Waals surface area (Å²) in [5.74, 6) is 0.376. The van der Waals surface area contributed by atoms with Crippen molar-refractivity contribution in [1.29, 1.82) is 0 Å². The van der Waals surface area contributed by atoms with Gasteiger partial charge in [0.25, 0.3) is 0 Å². The number of alkyl halides is 1. The summed E-state index contributed by atoms with van der Waals surface area (Å²) in [5.41, 5.74) is 1.66. The van der Waals surface area contributed by atoms with Crippen LogP contribution in [0.1, 0.15) is 25.2 Å². The lowest BCUT2D eigenvalue weighted by atomic mass is 10.3. The van der Waals surface area contributed by atoms with Crippen LogP contribution in [0.5, 0.6) is 0 Å². The van der Waals surface area contributed by atoms with E-state index in [1.807, 2.05) is 39.0 Å². The lowest BCUT2D eigenvalue weighted by Gasteiger charge is -2.21. The highest BCUT2D eigenvalue weighted by atomic mass is 35.5. The van der Waals surface area contributed by atoms with Gasteiger partial charge in [-0.25, -0.2) is 8.42 Å². The van der Waals surface area contributed by atoms with E-state index in [-0.39, 0.29) is 11.7 Å². The van der Waals surface area contributed by atoms with Crippen LogP contribution in [0.2, 0.25) is 0 Å². The van der Waals surface area contributed by atoms with Gasteiger partial charge in [-0.1, -0.05) is 19.9 Å². The Kier molecular flexibility index (Phi) is 6.23. The molecular weight excluding hydrogens is 284 g/mol. The zero-order valence-corrected chi connectivity index (χ0v) is 13.2. The van der Waals surface area contributed by atoms with Crippen molar-refractivity contribution in [3.05, 3.63) is 29.6 Å². The molecule has 0 N–H and O–H groups in total. The summed E-state index contributed by atoms with van der Waals surface area (Å²) in [7, 11) is -3.29. The first-order valence-electron chi connectivity index (χ1n) is 6.35. The Morgan fingerprint density at radius 1 is 1.42 bits per heavy atom. The fraction of sp³-hybridized carbons (Fsp3) is 0.615. The number of sulfonamides is 1. The van der Waals surface area contributed by atoms with Gasteiger partial charge in [-0.15, -0.1) is 11.6 Å². The van der Waals surface area contributed by atoms with Crippen LogP contribution < -0.4 is 0 Å². The zero-order valence-electron chi connectivity index (χ0n) is 11.6. The van der Waals surface area contributed by atoms with E-state index in [9.17, 15) is 8.42 Å². The molecule has 1 heterocycles. The van der Waals surface area contributed by atoms with Gasteiger partial charge in [0, 0.05) is 18.1 Å². The number of nitrogens with zero attached hydrogens (tertiary/aromatic N) is 2. The van der Waals surface area contributed by atoms with Crippen molar-refractivity contribution in [3.8, 4) is 0 Å². The average molecular weight is 305 g/mol. The molecule has 4 nitrogen and oxygen atoms in total. The highest BCUT2D eigenvalue weighted by Gasteiger charge is 2.23. The van der Waals surface area contributed by atoms with Crippen molar-refractivity contribution in [3.63, 3.8) is 0 Å². The quantitative estimate of drug-likeness (QED) is 0.727. The second-order valence-electron chi connectivity index (χ2n) is 4.73. The molecule has 0 aliphatic rings. The van der Waals surface area contributed by atoms with Crippen LogP contribution in [0.15, 0.2) is 18.2 Å². The van der Waals surface area contributed by atoms with Crippen molar-refractivity contribution in [2.24, 2.45) is 5.92 Å². The van der Waals surface area contributed by atoms with Crippen LogP contribution in [0.3, 0.4) is 0 Å². The van der Waals surface area contributed by atoms with Gasteiger partial charge in [0.15, 0.2) is 0 Å². The normalized spacial score (nSPS) is 13.7. The smallest absolute Gasteiger partial charge is 0.214 e. The predicted molar refractivity (Wildman–Crippen MR) is 78.7 cm³/mol. The number of aromatic nitrogens is 1. The third kappa shape index (κ3) is 5.09. The van der Waals surface area contributed by atoms with Crippen LogP contribution in [0.25, 0.3) is 0 Å². The van der Waals surface area contributed by atoms with Crippen molar-refractivity contribution in [1.82, 2.24) is 9.29 Å². The summed E-state index contributed by atoms with van der Waals surface area (Å²) < 4.78 is 26.0. The minimum absolute atomic E-state index is 0.0498. The SMILES string of the molecule is CCN(Cc1cccc(C)n1)S(=O)(=O)CC(C)CCl. The van der Waals surface area contributed by atoms with Gasteiger partial charge in [-0.2, -0.15) is 4.31 Å². The number of aryl methyl sites for hydroxylation is 1. The maximum Gasteiger partial charge on any atom is 0.214 e. The molecule has 1 rings (SSSR count). The highest BCUT2D eigenvalue weighted by Crippen LogP contribution is 2.12. The van der Waals surface area contributed by atoms with Crippen molar-refractivity contribution in [2.75, 3.05) is 18.2 Å². The molecule has 1 aromatic heterocycles. The molecule has 0 saturated carbocycles. The van der Waals surface area contributed by atoms with Crippen LogP contribution in [-0.2, 0) is 16.6 Å². The molecule has 0 aliphatic carbocycles. The first kappa shape index (κ1) is 16.4. The van der Waals surface area contributed by atoms with Crippen molar-refractivity contribution < 1.29 is 8.42 Å². The summed E-state index contributed by atoms with van der Waals surface area (Å²) in [6, 6.07) is 5.62. The van der Waals surface area contributed by atoms with Crippen LogP contribution in [0, 0.1) is 12.8 Å². The second-order valence-corrected chi connectivity index (χ2v) is 7.06. The van der Waals surface area contributed by atoms with Crippen LogP contribution in [0.4, 0.5) is 0 Å². The molecule has 0 aliphatic heterocycles. The number of pyridine rings is 1. The van der Waals surface area contributed by atoms with Gasteiger partial charge >= 0.3 is 0 Å². The lowest BCUT2D eigenvalue weighted by molar-refractivity contribution is 0.414. The van der Waals surface area contributed by atoms with Crippen molar-refractivity contribution >= 4 is 21.6 Å². The fourth-order valence-electron chi connectivity index (χ4n) is 1.78. The monoisotopic (exact) mass is 304 g/mol. The Labute approximate surface area is 120 Å². The third-order valence-electron chi connectivity index (χ3n) is 2.79. The number of hydrogen-bond acceptors (Lipinski definition) is 3. The molecule has 1 atom stereocenters. The molecule has 1 unspecified atom stereocenters. The summed E-state index contributed by atoms with van der Waals surface area (Å²) in [5, 5.41) is 0.